The second-order valence-electron chi connectivity index (χ2n) is 3.53. The Morgan fingerprint density at radius 1 is 1.47 bits per heavy atom. The Labute approximate surface area is 117 Å². The Bertz CT molecular complexity index is 628. The zero-order valence-corrected chi connectivity index (χ0v) is 12.1. The minimum absolute atomic E-state index is 0.546. The van der Waals surface area contributed by atoms with Gasteiger partial charge in [-0.15, -0.1) is 11.3 Å². The normalized spacial score (nSPS) is 10.2. The highest BCUT2D eigenvalue weighted by Gasteiger charge is 2.15. The molecule has 2 N–H and O–H groups in total. The summed E-state index contributed by atoms with van der Waals surface area (Å²) in [5.74, 6) is 0. The van der Waals surface area contributed by atoms with Gasteiger partial charge in [-0.25, -0.2) is 0 Å². The highest BCUT2D eigenvalue weighted by atomic mass is 79.9. The summed E-state index contributed by atoms with van der Waals surface area (Å²) in [6, 6.07) is 7.67. The van der Waals surface area contributed by atoms with Gasteiger partial charge in [0.05, 0.1) is 5.69 Å². The first-order valence-corrected chi connectivity index (χ1v) is 6.77. The van der Waals surface area contributed by atoms with Gasteiger partial charge < -0.3 is 5.73 Å². The molecule has 1 heterocycles. The van der Waals surface area contributed by atoms with E-state index in [1.54, 1.807) is 0 Å². The molecule has 0 spiro atoms. The van der Waals surface area contributed by atoms with Gasteiger partial charge in [0.15, 0.2) is 0 Å². The molecule has 2 aromatic rings. The molecule has 1 aromatic carbocycles. The second-order valence-corrected chi connectivity index (χ2v) is 5.85. The molecule has 0 unspecified atom stereocenters. The van der Waals surface area contributed by atoms with E-state index in [0.29, 0.717) is 15.6 Å². The van der Waals surface area contributed by atoms with Crippen molar-refractivity contribution in [2.75, 3.05) is 5.73 Å². The zero-order chi connectivity index (χ0) is 12.6. The highest BCUT2D eigenvalue weighted by Crippen LogP contribution is 2.41. The molecule has 0 aliphatic carbocycles. The van der Waals surface area contributed by atoms with Crippen LogP contribution in [0.3, 0.4) is 0 Å². The third-order valence-electron chi connectivity index (χ3n) is 2.47. The van der Waals surface area contributed by atoms with Crippen molar-refractivity contribution in [3.8, 4) is 16.5 Å². The zero-order valence-electron chi connectivity index (χ0n) is 8.92. The first-order chi connectivity index (χ1) is 8.04. The average Bonchev–Trinajstić information content (AvgIpc) is 2.59. The molecule has 0 bridgehead atoms. The number of hydrogen-bond donors (Lipinski definition) is 1. The van der Waals surface area contributed by atoms with Crippen molar-refractivity contribution in [1.29, 1.82) is 5.26 Å². The summed E-state index contributed by atoms with van der Waals surface area (Å²) in [4.78, 5) is 1.53. The monoisotopic (exact) mass is 326 g/mol. The number of thiophene rings is 1. The summed E-state index contributed by atoms with van der Waals surface area (Å²) in [6.45, 7) is 1.91. The van der Waals surface area contributed by atoms with Crippen molar-refractivity contribution in [2.45, 2.75) is 6.92 Å². The number of rotatable bonds is 1. The lowest BCUT2D eigenvalue weighted by atomic mass is 10.1. The largest absolute Gasteiger partial charge is 0.397 e. The lowest BCUT2D eigenvalue weighted by Gasteiger charge is -2.04. The fourth-order valence-electron chi connectivity index (χ4n) is 1.54. The lowest BCUT2D eigenvalue weighted by molar-refractivity contribution is 1.49. The van der Waals surface area contributed by atoms with Gasteiger partial charge in [-0.3, -0.25) is 0 Å². The maximum Gasteiger partial charge on any atom is 0.128 e. The van der Waals surface area contributed by atoms with Gasteiger partial charge in [0, 0.05) is 19.9 Å². The molecule has 0 saturated carbocycles. The van der Waals surface area contributed by atoms with Gasteiger partial charge >= 0.3 is 0 Å². The lowest BCUT2D eigenvalue weighted by Crippen LogP contribution is -1.87. The van der Waals surface area contributed by atoms with E-state index in [1.807, 2.05) is 25.1 Å². The number of anilines is 1. The van der Waals surface area contributed by atoms with E-state index in [2.05, 4.69) is 22.0 Å². The molecule has 0 radical (unpaired) electrons. The van der Waals surface area contributed by atoms with E-state index < -0.39 is 0 Å². The van der Waals surface area contributed by atoms with Crippen LogP contribution in [0.5, 0.6) is 0 Å². The van der Waals surface area contributed by atoms with Gasteiger partial charge in [-0.1, -0.05) is 27.5 Å². The minimum atomic E-state index is 0.546. The maximum absolute atomic E-state index is 8.97. The van der Waals surface area contributed by atoms with Gasteiger partial charge in [0.1, 0.15) is 10.9 Å². The molecule has 0 fully saturated rings. The van der Waals surface area contributed by atoms with E-state index in [4.69, 9.17) is 22.6 Å². The van der Waals surface area contributed by atoms with Crippen LogP contribution in [0.25, 0.3) is 10.4 Å². The fourth-order valence-corrected chi connectivity index (χ4v) is 3.34. The van der Waals surface area contributed by atoms with Crippen LogP contribution in [0.4, 0.5) is 5.69 Å². The Hall–Kier alpha value is -1.02. The first-order valence-electron chi connectivity index (χ1n) is 4.79. The molecule has 2 nitrogen and oxygen atoms in total. The van der Waals surface area contributed by atoms with Crippen LogP contribution in [0.1, 0.15) is 10.4 Å². The van der Waals surface area contributed by atoms with Crippen molar-refractivity contribution < 1.29 is 0 Å². The van der Waals surface area contributed by atoms with Crippen LogP contribution in [-0.4, -0.2) is 0 Å². The van der Waals surface area contributed by atoms with Gasteiger partial charge in [-0.2, -0.15) is 5.26 Å². The number of hydrogen-bond acceptors (Lipinski definition) is 3. The molecule has 0 amide bonds. The summed E-state index contributed by atoms with van der Waals surface area (Å²) in [5, 5.41) is 9.63. The minimum Gasteiger partial charge on any atom is -0.397 e. The van der Waals surface area contributed by atoms with Crippen molar-refractivity contribution in [3.05, 3.63) is 38.1 Å². The summed E-state index contributed by atoms with van der Waals surface area (Å²) in [7, 11) is 0. The Morgan fingerprint density at radius 2 is 2.18 bits per heavy atom. The number of nitrogen functional groups attached to an aromatic ring is 1. The summed E-state index contributed by atoms with van der Waals surface area (Å²) in [6.07, 6.45) is 0. The molecule has 86 valence electrons. The molecule has 0 saturated heterocycles. The van der Waals surface area contributed by atoms with E-state index in [1.165, 1.54) is 11.3 Å². The van der Waals surface area contributed by atoms with E-state index in [-0.39, 0.29) is 0 Å². The maximum atomic E-state index is 8.97. The number of benzene rings is 1. The SMILES string of the molecule is Cc1c(-c2cc(Cl)ccc2Br)sc(C#N)c1N. The Balaban J connectivity index is 2.69. The van der Waals surface area contributed by atoms with E-state index in [9.17, 15) is 0 Å². The average molecular weight is 328 g/mol. The smallest absolute Gasteiger partial charge is 0.128 e. The van der Waals surface area contributed by atoms with Crippen LogP contribution in [0.15, 0.2) is 22.7 Å². The molecular weight excluding hydrogens is 320 g/mol. The van der Waals surface area contributed by atoms with Gasteiger partial charge in [0.2, 0.25) is 0 Å². The summed E-state index contributed by atoms with van der Waals surface area (Å²) in [5.41, 5.74) is 8.33. The predicted octanol–water partition coefficient (Wildman–Crippen LogP) is 4.59. The molecule has 0 aliphatic heterocycles. The number of nitrogens with zero attached hydrogens (tertiary/aromatic N) is 1. The standard InChI is InChI=1S/C12H8BrClN2S/c1-6-11(16)10(5-15)17-12(6)8-4-7(14)2-3-9(8)13/h2-4H,16H2,1H3. The third kappa shape index (κ3) is 2.19. The number of nitrogens with two attached hydrogens (primary N) is 1. The Kier molecular flexibility index (Phi) is 3.43. The fraction of sp³-hybridized carbons (Fsp3) is 0.0833. The second kappa shape index (κ2) is 4.69. The van der Waals surface area contributed by atoms with E-state index in [0.717, 1.165) is 20.5 Å². The molecule has 1 aromatic heterocycles. The van der Waals surface area contributed by atoms with Crippen LogP contribution in [0.2, 0.25) is 5.02 Å². The molecule has 0 aliphatic rings. The van der Waals surface area contributed by atoms with Crippen molar-refractivity contribution in [2.24, 2.45) is 0 Å². The van der Waals surface area contributed by atoms with Crippen molar-refractivity contribution >= 4 is 44.6 Å². The quantitative estimate of drug-likeness (QED) is 0.832. The van der Waals surface area contributed by atoms with Crippen LogP contribution in [-0.2, 0) is 0 Å². The van der Waals surface area contributed by atoms with Gasteiger partial charge in [-0.05, 0) is 30.7 Å². The van der Waals surface area contributed by atoms with Gasteiger partial charge in [0.25, 0.3) is 0 Å². The summed E-state index contributed by atoms with van der Waals surface area (Å²) < 4.78 is 0.940. The molecule has 17 heavy (non-hydrogen) atoms. The Morgan fingerprint density at radius 3 is 2.76 bits per heavy atom. The molecular formula is C12H8BrClN2S. The molecule has 2 rings (SSSR count). The number of nitriles is 1. The third-order valence-corrected chi connectivity index (χ3v) is 4.64. The van der Waals surface area contributed by atoms with Crippen molar-refractivity contribution in [1.82, 2.24) is 0 Å². The van der Waals surface area contributed by atoms with Crippen LogP contribution < -0.4 is 5.73 Å². The molecule has 0 atom stereocenters. The van der Waals surface area contributed by atoms with Crippen LogP contribution >= 0.6 is 38.9 Å². The summed E-state index contributed by atoms with van der Waals surface area (Å²) >= 11 is 10.9. The number of halogens is 2. The predicted molar refractivity (Wildman–Crippen MR) is 76.3 cm³/mol. The highest BCUT2D eigenvalue weighted by molar-refractivity contribution is 9.10. The first kappa shape index (κ1) is 12.4. The molecule has 5 heteroatoms. The van der Waals surface area contributed by atoms with Crippen molar-refractivity contribution in [3.63, 3.8) is 0 Å². The topological polar surface area (TPSA) is 49.8 Å². The van der Waals surface area contributed by atoms with Crippen LogP contribution in [0, 0.1) is 18.3 Å². The van der Waals surface area contributed by atoms with E-state index >= 15 is 0 Å².